The molecule has 1 N–H and O–H groups in total. The van der Waals surface area contributed by atoms with E-state index < -0.39 is 41.2 Å². The smallest absolute Gasteiger partial charge is 0.324 e. The number of carbonyl (C=O) groups is 1. The molecule has 6 nitrogen and oxygen atoms in total. The molecule has 0 spiro atoms. The van der Waals surface area contributed by atoms with Crippen LogP contribution in [0.5, 0.6) is 0 Å². The van der Waals surface area contributed by atoms with Gasteiger partial charge in [-0.25, -0.2) is 22.5 Å². The maximum Gasteiger partial charge on any atom is 0.336 e. The third-order valence-electron chi connectivity index (χ3n) is 4.66. The fourth-order valence-corrected chi connectivity index (χ4v) is 3.98. The molecule has 4 rings (SSSR count). The molecule has 0 aliphatic rings. The number of fused-ring (bicyclic) bond motifs is 1. The van der Waals surface area contributed by atoms with Gasteiger partial charge in [-0.15, -0.1) is 11.3 Å². The molecule has 0 bridgehead atoms. The third kappa shape index (κ3) is 3.77. The summed E-state index contributed by atoms with van der Waals surface area (Å²) in [5, 5.41) is 4.00. The van der Waals surface area contributed by atoms with Gasteiger partial charge in [0.25, 0.3) is 5.56 Å². The highest BCUT2D eigenvalue weighted by atomic mass is 32.1. The zero-order chi connectivity index (χ0) is 22.3. The van der Waals surface area contributed by atoms with Crippen LogP contribution in [0.25, 0.3) is 15.9 Å². The first-order valence-corrected chi connectivity index (χ1v) is 9.88. The number of nitrogens with one attached hydrogen (secondary N) is 1. The Kier molecular flexibility index (Phi) is 5.24. The Morgan fingerprint density at radius 3 is 2.45 bits per heavy atom. The summed E-state index contributed by atoms with van der Waals surface area (Å²) in [4.78, 5) is 38.5. The molecule has 2 heterocycles. The first-order chi connectivity index (χ1) is 14.8. The molecule has 0 saturated heterocycles. The maximum absolute atomic E-state index is 13.7. The molecule has 0 unspecified atom stereocenters. The van der Waals surface area contributed by atoms with Crippen LogP contribution in [0.1, 0.15) is 5.56 Å². The number of carbonyl (C=O) groups excluding carboxylic acids is 1. The summed E-state index contributed by atoms with van der Waals surface area (Å²) in [6.07, 6.45) is 0. The minimum absolute atomic E-state index is 0.0148. The molecule has 0 saturated carbocycles. The normalized spacial score (nSPS) is 11.1. The summed E-state index contributed by atoms with van der Waals surface area (Å²) < 4.78 is 42.3. The lowest BCUT2D eigenvalue weighted by molar-refractivity contribution is -0.116. The van der Waals surface area contributed by atoms with Gasteiger partial charge in [-0.1, -0.05) is 0 Å². The summed E-state index contributed by atoms with van der Waals surface area (Å²) >= 11 is 1.10. The Morgan fingerprint density at radius 2 is 1.74 bits per heavy atom. The van der Waals surface area contributed by atoms with Crippen molar-refractivity contribution >= 4 is 33.1 Å². The first kappa shape index (κ1) is 20.6. The zero-order valence-corrected chi connectivity index (χ0v) is 16.8. The molecule has 2 aromatic carbocycles. The van der Waals surface area contributed by atoms with Crippen LogP contribution < -0.4 is 16.6 Å². The number of aryl methyl sites for hydroxylation is 1. The third-order valence-corrected chi connectivity index (χ3v) is 5.55. The van der Waals surface area contributed by atoms with E-state index in [1.54, 1.807) is 5.38 Å². The van der Waals surface area contributed by atoms with Gasteiger partial charge in [0.05, 0.1) is 11.2 Å². The molecule has 158 valence electrons. The molecule has 0 aliphatic heterocycles. The number of aromatic nitrogens is 2. The van der Waals surface area contributed by atoms with Crippen molar-refractivity contribution in [1.82, 2.24) is 9.13 Å². The van der Waals surface area contributed by atoms with E-state index in [0.717, 1.165) is 38.7 Å². The van der Waals surface area contributed by atoms with Gasteiger partial charge in [-0.2, -0.15) is 0 Å². The Hall–Kier alpha value is -3.66. The summed E-state index contributed by atoms with van der Waals surface area (Å²) in [5.74, 6) is -3.35. The minimum Gasteiger partial charge on any atom is -0.324 e. The standard InChI is InChI=1S/C21H14F3N3O3S/c1-11-8-13(3-5-14(11)22)27-20(29)19-17(6-7-31-19)26(21(27)30)10-18(28)25-12-2-4-15(23)16(24)9-12/h2-9H,10H2,1H3,(H,25,28). The lowest BCUT2D eigenvalue weighted by atomic mass is 10.2. The molecule has 1 amide bonds. The van der Waals surface area contributed by atoms with Crippen LogP contribution in [0.3, 0.4) is 0 Å². The van der Waals surface area contributed by atoms with Crippen molar-refractivity contribution in [3.63, 3.8) is 0 Å². The second kappa shape index (κ2) is 7.88. The van der Waals surface area contributed by atoms with Gasteiger partial charge in [-0.05, 0) is 54.3 Å². The Bertz CT molecular complexity index is 1460. The number of rotatable bonds is 4. The molecule has 2 aromatic heterocycles. The van der Waals surface area contributed by atoms with Crippen molar-refractivity contribution in [2.75, 3.05) is 5.32 Å². The number of halogens is 3. The van der Waals surface area contributed by atoms with Crippen LogP contribution in [-0.2, 0) is 11.3 Å². The maximum atomic E-state index is 13.7. The lowest BCUT2D eigenvalue weighted by Crippen LogP contribution is -2.40. The van der Waals surface area contributed by atoms with Crippen molar-refractivity contribution in [2.24, 2.45) is 0 Å². The lowest BCUT2D eigenvalue weighted by Gasteiger charge is -2.13. The number of hydrogen-bond donors (Lipinski definition) is 1. The number of thiophene rings is 1. The van der Waals surface area contributed by atoms with Crippen LogP contribution >= 0.6 is 11.3 Å². The zero-order valence-electron chi connectivity index (χ0n) is 16.0. The van der Waals surface area contributed by atoms with Crippen LogP contribution in [-0.4, -0.2) is 15.0 Å². The molecule has 0 radical (unpaired) electrons. The van der Waals surface area contributed by atoms with Gasteiger partial charge >= 0.3 is 5.69 Å². The van der Waals surface area contributed by atoms with Crippen LogP contribution in [0.4, 0.5) is 18.9 Å². The largest absolute Gasteiger partial charge is 0.336 e. The topological polar surface area (TPSA) is 73.1 Å². The van der Waals surface area contributed by atoms with E-state index in [0.29, 0.717) is 0 Å². The Morgan fingerprint density at radius 1 is 1.00 bits per heavy atom. The highest BCUT2D eigenvalue weighted by molar-refractivity contribution is 7.17. The molecule has 10 heteroatoms. The van der Waals surface area contributed by atoms with Crippen LogP contribution in [0.2, 0.25) is 0 Å². The highest BCUT2D eigenvalue weighted by Crippen LogP contribution is 2.18. The van der Waals surface area contributed by atoms with Crippen LogP contribution in [0.15, 0.2) is 57.4 Å². The van der Waals surface area contributed by atoms with E-state index in [-0.39, 0.29) is 27.2 Å². The summed E-state index contributed by atoms with van der Waals surface area (Å²) in [5.41, 5.74) is -0.686. The van der Waals surface area contributed by atoms with Crippen molar-refractivity contribution in [3.8, 4) is 5.69 Å². The van der Waals surface area contributed by atoms with Crippen molar-refractivity contribution < 1.29 is 18.0 Å². The summed E-state index contributed by atoms with van der Waals surface area (Å²) in [6, 6.07) is 8.22. The van der Waals surface area contributed by atoms with Crippen molar-refractivity contribution in [2.45, 2.75) is 13.5 Å². The molecule has 0 aliphatic carbocycles. The number of benzene rings is 2. The second-order valence-corrected chi connectivity index (χ2v) is 7.67. The minimum atomic E-state index is -1.13. The van der Waals surface area contributed by atoms with E-state index in [1.165, 1.54) is 31.2 Å². The predicted octanol–water partition coefficient (Wildman–Crippen LogP) is 3.58. The Labute approximate surface area is 176 Å². The van der Waals surface area contributed by atoms with Gasteiger partial charge < -0.3 is 5.32 Å². The SMILES string of the molecule is Cc1cc(-n2c(=O)c3sccc3n(CC(=O)Nc3ccc(F)c(F)c3)c2=O)ccc1F. The first-order valence-electron chi connectivity index (χ1n) is 9.01. The summed E-state index contributed by atoms with van der Waals surface area (Å²) in [7, 11) is 0. The molecule has 31 heavy (non-hydrogen) atoms. The van der Waals surface area contributed by atoms with E-state index >= 15 is 0 Å². The number of amides is 1. The highest BCUT2D eigenvalue weighted by Gasteiger charge is 2.18. The van der Waals surface area contributed by atoms with E-state index in [1.807, 2.05) is 0 Å². The Balaban J connectivity index is 1.78. The predicted molar refractivity (Wildman–Crippen MR) is 111 cm³/mol. The van der Waals surface area contributed by atoms with Crippen molar-refractivity contribution in [1.29, 1.82) is 0 Å². The van der Waals surface area contributed by atoms with Gasteiger partial charge in [0.2, 0.25) is 5.91 Å². The van der Waals surface area contributed by atoms with E-state index in [4.69, 9.17) is 0 Å². The van der Waals surface area contributed by atoms with E-state index in [2.05, 4.69) is 5.32 Å². The summed E-state index contributed by atoms with van der Waals surface area (Å²) in [6.45, 7) is 1.02. The quantitative estimate of drug-likeness (QED) is 0.522. The monoisotopic (exact) mass is 445 g/mol. The molecule has 4 aromatic rings. The number of anilines is 1. The van der Waals surface area contributed by atoms with Crippen molar-refractivity contribution in [3.05, 3.63) is 91.7 Å². The molecule has 0 atom stereocenters. The van der Waals surface area contributed by atoms with E-state index in [9.17, 15) is 27.6 Å². The van der Waals surface area contributed by atoms with Crippen LogP contribution in [0, 0.1) is 24.4 Å². The number of nitrogens with zero attached hydrogens (tertiary/aromatic N) is 2. The number of hydrogen-bond acceptors (Lipinski definition) is 4. The fraction of sp³-hybridized carbons (Fsp3) is 0.0952. The average molecular weight is 445 g/mol. The second-order valence-electron chi connectivity index (χ2n) is 6.75. The average Bonchev–Trinajstić information content (AvgIpc) is 3.21. The van der Waals surface area contributed by atoms with Gasteiger partial charge in [0.1, 0.15) is 17.1 Å². The van der Waals surface area contributed by atoms with Gasteiger partial charge in [-0.3, -0.25) is 14.2 Å². The van der Waals surface area contributed by atoms with Gasteiger partial charge in [0, 0.05) is 11.8 Å². The van der Waals surface area contributed by atoms with Gasteiger partial charge in [0.15, 0.2) is 11.6 Å². The fourth-order valence-electron chi connectivity index (χ4n) is 3.15. The molecule has 0 fully saturated rings. The molecular weight excluding hydrogens is 431 g/mol. The molecular formula is C21H14F3N3O3S.